The summed E-state index contributed by atoms with van der Waals surface area (Å²) in [6.45, 7) is 19.0. The van der Waals surface area contributed by atoms with Gasteiger partial charge in [-0.25, -0.2) is 15.0 Å². The van der Waals surface area contributed by atoms with Crippen molar-refractivity contribution in [3.05, 3.63) is 215 Å². The van der Waals surface area contributed by atoms with Gasteiger partial charge in [-0.3, -0.25) is 28.9 Å². The Morgan fingerprint density at radius 1 is 0.446 bits per heavy atom. The van der Waals surface area contributed by atoms with Crippen LogP contribution in [-0.4, -0.2) is 85.8 Å². The zero-order valence-corrected chi connectivity index (χ0v) is 42.9. The van der Waals surface area contributed by atoms with Crippen LogP contribution in [0.4, 0.5) is 0 Å². The van der Waals surface area contributed by atoms with Crippen molar-refractivity contribution in [3.8, 4) is 0 Å². The highest BCUT2D eigenvalue weighted by Crippen LogP contribution is 2.23. The fourth-order valence-corrected chi connectivity index (χ4v) is 9.12. The summed E-state index contributed by atoms with van der Waals surface area (Å²) in [6, 6.07) is 33.1. The van der Waals surface area contributed by atoms with Crippen LogP contribution < -0.4 is 10.6 Å². The number of aromatic nitrogens is 14. The molecule has 10 aromatic rings. The van der Waals surface area contributed by atoms with Gasteiger partial charge < -0.3 is 19.0 Å². The number of imidazole rings is 3. The minimum absolute atomic E-state index is 0.0571. The monoisotopic (exact) mass is 992 g/mol. The highest BCUT2D eigenvalue weighted by Gasteiger charge is 2.21. The summed E-state index contributed by atoms with van der Waals surface area (Å²) in [5.41, 5.74) is 6.48. The normalized spacial score (nSPS) is 13.0. The predicted molar refractivity (Wildman–Crippen MR) is 295 cm³/mol. The second-order valence-corrected chi connectivity index (χ2v) is 18.1. The third kappa shape index (κ3) is 13.0. The summed E-state index contributed by atoms with van der Waals surface area (Å²) < 4.78 is 14.3. The fraction of sp³-hybridized carbons (Fsp3) is 0.281. The van der Waals surface area contributed by atoms with E-state index in [1.807, 2.05) is 110 Å². The maximum absolute atomic E-state index is 4.93. The minimum atomic E-state index is 0.0571. The lowest BCUT2D eigenvalue weighted by molar-refractivity contribution is 0.224. The summed E-state index contributed by atoms with van der Waals surface area (Å²) in [4.78, 5) is 17.2. The van der Waals surface area contributed by atoms with Crippen molar-refractivity contribution in [1.29, 1.82) is 0 Å². The molecule has 0 spiro atoms. The van der Waals surface area contributed by atoms with Gasteiger partial charge in [-0.1, -0.05) is 60.7 Å². The van der Waals surface area contributed by atoms with Gasteiger partial charge in [0.15, 0.2) is 0 Å². The van der Waals surface area contributed by atoms with Gasteiger partial charge in [0.05, 0.1) is 64.8 Å². The predicted octanol–water partition coefficient (Wildman–Crippen LogP) is 9.67. The largest absolute Gasteiger partial charge is 0.330 e. The Labute approximate surface area is 433 Å². The molecule has 74 heavy (non-hydrogen) atoms. The summed E-state index contributed by atoms with van der Waals surface area (Å²) in [5, 5.41) is 24.2. The molecular weight excluding hydrogens is 923 g/mol. The number of allylic oxidation sites excluding steroid dienone is 2. The molecule has 0 saturated carbocycles. The Bertz CT molecular complexity index is 2970. The quantitative estimate of drug-likeness (QED) is 0.0560. The second kappa shape index (κ2) is 25.9. The minimum Gasteiger partial charge on any atom is -0.330 e. The summed E-state index contributed by atoms with van der Waals surface area (Å²) in [5.74, 6) is 3.08. The number of hydrogen-bond acceptors (Lipinski definition) is 10. The highest BCUT2D eigenvalue weighted by atomic mass is 15.4. The average molecular weight is 992 g/mol. The molecule has 0 amide bonds. The van der Waals surface area contributed by atoms with E-state index in [9.17, 15) is 0 Å². The molecule has 0 aliphatic carbocycles. The van der Waals surface area contributed by atoms with Crippen molar-refractivity contribution >= 4 is 33.1 Å². The molecule has 4 unspecified atom stereocenters. The van der Waals surface area contributed by atoms with Gasteiger partial charge in [-0.05, 0) is 73.5 Å². The number of hydrogen-bond donors (Lipinski definition) is 2. The molecule has 0 bridgehead atoms. The van der Waals surface area contributed by atoms with Crippen LogP contribution in [0.2, 0.25) is 0 Å². The lowest BCUT2D eigenvalue weighted by atomic mass is 10.1. The molecular formula is C57H69N17. The first-order chi connectivity index (χ1) is 36.3. The summed E-state index contributed by atoms with van der Waals surface area (Å²) >= 11 is 0. The van der Waals surface area contributed by atoms with Crippen molar-refractivity contribution in [2.24, 2.45) is 21.1 Å². The lowest BCUT2D eigenvalue weighted by Gasteiger charge is -2.25. The molecule has 7 aromatic heterocycles. The molecule has 0 saturated heterocycles. The van der Waals surface area contributed by atoms with Gasteiger partial charge in [-0.15, -0.1) is 26.3 Å². The molecule has 17 nitrogen and oxygen atoms in total. The number of nitrogens with one attached hydrogen (secondary N) is 2. The number of rotatable bonds is 24. The van der Waals surface area contributed by atoms with Gasteiger partial charge in [0.2, 0.25) is 0 Å². The molecule has 4 atom stereocenters. The molecule has 0 aliphatic rings. The Morgan fingerprint density at radius 2 is 0.770 bits per heavy atom. The van der Waals surface area contributed by atoms with E-state index in [0.717, 1.165) is 89.3 Å². The average Bonchev–Trinajstić information content (AvgIpc) is 4.29. The van der Waals surface area contributed by atoms with E-state index in [4.69, 9.17) is 15.0 Å². The third-order valence-electron chi connectivity index (χ3n) is 13.0. The Hall–Kier alpha value is -8.25. The van der Waals surface area contributed by atoms with Gasteiger partial charge in [0.1, 0.15) is 29.8 Å². The molecule has 3 aromatic carbocycles. The first kappa shape index (κ1) is 52.1. The molecule has 2 N–H and O–H groups in total. The molecule has 0 aliphatic heterocycles. The van der Waals surface area contributed by atoms with Crippen molar-refractivity contribution < 1.29 is 0 Å². The number of nitrogens with zero attached hydrogens (tertiary/aromatic N) is 15. The highest BCUT2D eigenvalue weighted by molar-refractivity contribution is 5.77. The first-order valence-electron chi connectivity index (χ1n) is 25.1. The molecule has 7 heterocycles. The zero-order valence-electron chi connectivity index (χ0n) is 42.9. The second-order valence-electron chi connectivity index (χ2n) is 18.1. The molecule has 10 rings (SSSR count). The summed E-state index contributed by atoms with van der Waals surface area (Å²) in [7, 11) is 6.27. The van der Waals surface area contributed by atoms with Crippen molar-refractivity contribution in [2.75, 3.05) is 13.1 Å². The number of fused-ring (bicyclic) bond motifs is 3. The van der Waals surface area contributed by atoms with E-state index in [1.54, 1.807) is 24.8 Å². The van der Waals surface area contributed by atoms with Crippen molar-refractivity contribution in [2.45, 2.75) is 69.7 Å². The van der Waals surface area contributed by atoms with Crippen LogP contribution in [-0.2, 0) is 40.8 Å². The Kier molecular flexibility index (Phi) is 18.2. The maximum Gasteiger partial charge on any atom is 0.123 e. The lowest BCUT2D eigenvalue weighted by Crippen LogP contribution is -2.34. The van der Waals surface area contributed by atoms with Crippen LogP contribution in [0, 0.1) is 0 Å². The SMILES string of the molecule is C=CCC(CNCC(CC=C)n1cccn1)n1cccn1.C=CCC(NC(CC=C)n1cccn1)n1cccn1.Cn1c(CN(Cc2nc3ccccc3n2C)Cc2nc3ccccc3n2C)nc2ccccc21. The van der Waals surface area contributed by atoms with E-state index < -0.39 is 0 Å². The van der Waals surface area contributed by atoms with Crippen LogP contribution in [0.5, 0.6) is 0 Å². The fourth-order valence-electron chi connectivity index (χ4n) is 9.12. The number of para-hydroxylation sites is 6. The van der Waals surface area contributed by atoms with Crippen LogP contribution in [0.3, 0.4) is 0 Å². The van der Waals surface area contributed by atoms with Gasteiger partial charge in [0.25, 0.3) is 0 Å². The van der Waals surface area contributed by atoms with Crippen molar-refractivity contribution in [3.63, 3.8) is 0 Å². The summed E-state index contributed by atoms with van der Waals surface area (Å²) in [6.07, 6.45) is 26.1. The smallest absolute Gasteiger partial charge is 0.123 e. The van der Waals surface area contributed by atoms with E-state index in [-0.39, 0.29) is 12.3 Å². The molecule has 17 heteroatoms. The van der Waals surface area contributed by atoms with Gasteiger partial charge in [-0.2, -0.15) is 20.4 Å². The number of aryl methyl sites for hydroxylation is 3. The Morgan fingerprint density at radius 3 is 1.07 bits per heavy atom. The van der Waals surface area contributed by atoms with Crippen LogP contribution >= 0.6 is 0 Å². The van der Waals surface area contributed by atoms with Crippen LogP contribution in [0.15, 0.2) is 197 Å². The van der Waals surface area contributed by atoms with E-state index in [0.29, 0.717) is 31.7 Å². The zero-order chi connectivity index (χ0) is 51.7. The topological polar surface area (TPSA) is 152 Å². The van der Waals surface area contributed by atoms with E-state index >= 15 is 0 Å². The third-order valence-corrected chi connectivity index (χ3v) is 13.0. The van der Waals surface area contributed by atoms with Crippen molar-refractivity contribution in [1.82, 2.24) is 83.3 Å². The van der Waals surface area contributed by atoms with E-state index in [1.165, 1.54) is 0 Å². The molecule has 0 fully saturated rings. The maximum atomic E-state index is 4.93. The number of benzene rings is 3. The molecule has 0 radical (unpaired) electrons. The van der Waals surface area contributed by atoms with Gasteiger partial charge in [0, 0.05) is 96.6 Å². The molecule has 382 valence electrons. The Balaban J connectivity index is 0.000000158. The standard InChI is InChI=1S/C27H27N7.C16H23N5.C14H19N5/c1-31-22-13-7-4-10-19(22)28-25(31)16-34(17-26-29-20-11-5-8-14-23(20)32(26)2)18-27-30-21-12-6-9-15-24(21)33(27)3;1-3-7-15(20-11-5-9-18-20)13-17-14-16(8-4-2)21-12-6-10-19-21;1-3-7-13(18-11-5-9-15-18)17-14(8-4-2)19-12-6-10-16-19/h4-15H,16-18H2,1-3H3;3-6,9-12,15-17H,1-2,7-8,13-14H2;3-6,9-14,17H,1-2,7-8H2. The van der Waals surface area contributed by atoms with E-state index in [2.05, 4.69) is 152 Å². The van der Waals surface area contributed by atoms with Crippen LogP contribution in [0.25, 0.3) is 33.1 Å². The van der Waals surface area contributed by atoms with Gasteiger partial charge >= 0.3 is 0 Å². The van der Waals surface area contributed by atoms with Crippen LogP contribution in [0.1, 0.15) is 67.6 Å². The first-order valence-corrected chi connectivity index (χ1v) is 25.1.